The van der Waals surface area contributed by atoms with Crippen molar-refractivity contribution in [3.63, 3.8) is 0 Å². The van der Waals surface area contributed by atoms with Gasteiger partial charge in [-0.05, 0) is 20.3 Å². The van der Waals surface area contributed by atoms with Gasteiger partial charge in [0.25, 0.3) is 0 Å². The Morgan fingerprint density at radius 3 is 1.42 bits per heavy atom. The molecule has 0 saturated carbocycles. The number of hydrogen-bond acceptors (Lipinski definition) is 3. The van der Waals surface area contributed by atoms with Gasteiger partial charge in [0.15, 0.2) is 0 Å². The predicted molar refractivity (Wildman–Crippen MR) is 81.8 cm³/mol. The minimum Gasteiger partial charge on any atom is -0.274 e. The van der Waals surface area contributed by atoms with E-state index < -0.39 is 0 Å². The minimum atomic E-state index is 0.678. The van der Waals surface area contributed by atoms with Gasteiger partial charge in [-0.25, -0.2) is 0 Å². The fourth-order valence-electron chi connectivity index (χ4n) is 2.18. The van der Waals surface area contributed by atoms with Gasteiger partial charge in [0, 0.05) is 0 Å². The summed E-state index contributed by atoms with van der Waals surface area (Å²) < 4.78 is 0. The fraction of sp³-hybridized carbons (Fsp3) is 1.00. The van der Waals surface area contributed by atoms with Crippen LogP contribution in [0.3, 0.4) is 0 Å². The van der Waals surface area contributed by atoms with Gasteiger partial charge in [-0.3, -0.25) is 9.68 Å². The van der Waals surface area contributed by atoms with Crippen LogP contribution in [0, 0.1) is 0 Å². The molecule has 0 bridgehead atoms. The van der Waals surface area contributed by atoms with Crippen LogP contribution < -0.4 is 0 Å². The highest BCUT2D eigenvalue weighted by atomic mass is 16.9. The molecule has 0 aromatic carbocycles. The molecular formula is C16H35NO2. The number of unbranched alkanes of at least 4 members (excludes halogenated alkanes) is 9. The topological polar surface area (TPSA) is 21.7 Å². The summed E-state index contributed by atoms with van der Waals surface area (Å²) in [6, 6.07) is 0. The minimum absolute atomic E-state index is 0.678. The second-order valence-corrected chi connectivity index (χ2v) is 5.07. The molecule has 116 valence electrons. The summed E-state index contributed by atoms with van der Waals surface area (Å²) in [4.78, 5) is 10.8. The molecule has 0 N–H and O–H groups in total. The number of rotatable bonds is 15. The molecular weight excluding hydrogens is 238 g/mol. The Morgan fingerprint density at radius 2 is 1.00 bits per heavy atom. The average molecular weight is 273 g/mol. The molecule has 0 spiro atoms. The van der Waals surface area contributed by atoms with E-state index in [1.807, 2.05) is 13.8 Å². The lowest BCUT2D eigenvalue weighted by molar-refractivity contribution is -0.364. The highest BCUT2D eigenvalue weighted by Crippen LogP contribution is 2.10. The third kappa shape index (κ3) is 14.1. The Morgan fingerprint density at radius 1 is 0.579 bits per heavy atom. The van der Waals surface area contributed by atoms with Gasteiger partial charge in [-0.15, -0.1) is 0 Å². The van der Waals surface area contributed by atoms with Crippen LogP contribution in [0.15, 0.2) is 0 Å². The zero-order valence-electron chi connectivity index (χ0n) is 13.5. The molecule has 0 radical (unpaired) electrons. The first kappa shape index (κ1) is 18.9. The normalized spacial score (nSPS) is 11.4. The molecule has 0 fully saturated rings. The first-order chi connectivity index (χ1) is 9.35. The zero-order valence-corrected chi connectivity index (χ0v) is 13.5. The van der Waals surface area contributed by atoms with Crippen LogP contribution in [-0.4, -0.2) is 25.0 Å². The van der Waals surface area contributed by atoms with Crippen molar-refractivity contribution in [3.05, 3.63) is 0 Å². The molecule has 0 rings (SSSR count). The van der Waals surface area contributed by atoms with Crippen LogP contribution in [-0.2, 0) is 9.68 Å². The van der Waals surface area contributed by atoms with Crippen molar-refractivity contribution in [1.82, 2.24) is 5.23 Å². The van der Waals surface area contributed by atoms with Crippen LogP contribution in [0.4, 0.5) is 0 Å². The first-order valence-electron chi connectivity index (χ1n) is 8.38. The summed E-state index contributed by atoms with van der Waals surface area (Å²) in [6.07, 6.45) is 13.6. The van der Waals surface area contributed by atoms with Gasteiger partial charge in [0.2, 0.25) is 0 Å². The van der Waals surface area contributed by atoms with E-state index in [4.69, 9.17) is 9.68 Å². The molecule has 3 nitrogen and oxygen atoms in total. The Labute approximate surface area is 120 Å². The third-order valence-electron chi connectivity index (χ3n) is 3.24. The lowest BCUT2D eigenvalue weighted by Gasteiger charge is -2.19. The Bertz CT molecular complexity index is 159. The van der Waals surface area contributed by atoms with Gasteiger partial charge in [-0.1, -0.05) is 69.9 Å². The number of nitrogens with zero attached hydrogens (tertiary/aromatic N) is 1. The van der Waals surface area contributed by atoms with E-state index in [0.29, 0.717) is 13.2 Å². The van der Waals surface area contributed by atoms with E-state index in [2.05, 4.69) is 6.92 Å². The van der Waals surface area contributed by atoms with Gasteiger partial charge >= 0.3 is 0 Å². The van der Waals surface area contributed by atoms with Crippen molar-refractivity contribution in [2.75, 3.05) is 19.8 Å². The summed E-state index contributed by atoms with van der Waals surface area (Å²) in [5.74, 6) is 0. The van der Waals surface area contributed by atoms with Crippen molar-refractivity contribution in [2.45, 2.75) is 85.0 Å². The summed E-state index contributed by atoms with van der Waals surface area (Å²) in [7, 11) is 0. The maximum atomic E-state index is 5.38. The van der Waals surface area contributed by atoms with Crippen LogP contribution in [0.1, 0.15) is 85.0 Å². The molecule has 0 atom stereocenters. The molecule has 0 heterocycles. The molecule has 0 aliphatic heterocycles. The van der Waals surface area contributed by atoms with E-state index >= 15 is 0 Å². The van der Waals surface area contributed by atoms with Crippen molar-refractivity contribution < 1.29 is 9.68 Å². The van der Waals surface area contributed by atoms with Crippen molar-refractivity contribution in [2.24, 2.45) is 0 Å². The van der Waals surface area contributed by atoms with E-state index in [-0.39, 0.29) is 0 Å². The predicted octanol–water partition coefficient (Wildman–Crippen LogP) is 5.11. The summed E-state index contributed by atoms with van der Waals surface area (Å²) in [5, 5.41) is 1.64. The van der Waals surface area contributed by atoms with E-state index in [9.17, 15) is 0 Å². The largest absolute Gasteiger partial charge is 0.274 e. The Balaban J connectivity index is 3.20. The lowest BCUT2D eigenvalue weighted by atomic mass is 10.1. The number of hydrogen-bond donors (Lipinski definition) is 0. The fourth-order valence-corrected chi connectivity index (χ4v) is 2.18. The van der Waals surface area contributed by atoms with Crippen LogP contribution in [0.5, 0.6) is 0 Å². The molecule has 0 aromatic rings. The smallest absolute Gasteiger partial charge is 0.0683 e. The monoisotopic (exact) mass is 273 g/mol. The zero-order chi connectivity index (χ0) is 14.2. The first-order valence-corrected chi connectivity index (χ1v) is 8.38. The van der Waals surface area contributed by atoms with E-state index in [1.165, 1.54) is 57.8 Å². The summed E-state index contributed by atoms with van der Waals surface area (Å²) >= 11 is 0. The molecule has 0 amide bonds. The van der Waals surface area contributed by atoms with E-state index in [1.54, 1.807) is 5.23 Å². The van der Waals surface area contributed by atoms with Gasteiger partial charge in [0.05, 0.1) is 19.8 Å². The molecule has 19 heavy (non-hydrogen) atoms. The summed E-state index contributed by atoms with van der Waals surface area (Å²) in [6.45, 7) is 8.50. The van der Waals surface area contributed by atoms with Crippen molar-refractivity contribution in [1.29, 1.82) is 0 Å². The average Bonchev–Trinajstić information content (AvgIpc) is 2.41. The van der Waals surface area contributed by atoms with Crippen LogP contribution in [0.25, 0.3) is 0 Å². The second kappa shape index (κ2) is 15.9. The molecule has 0 aliphatic rings. The van der Waals surface area contributed by atoms with Crippen molar-refractivity contribution in [3.8, 4) is 0 Å². The van der Waals surface area contributed by atoms with Gasteiger partial charge in [-0.2, -0.15) is 0 Å². The quantitative estimate of drug-likeness (QED) is 0.305. The SMILES string of the molecule is CCCCCCCCCCCCN(OCC)OCC. The molecule has 3 heteroatoms. The van der Waals surface area contributed by atoms with Gasteiger partial charge in [0.1, 0.15) is 0 Å². The Hall–Kier alpha value is -0.120. The maximum Gasteiger partial charge on any atom is 0.0683 e. The number of hydroxylamine groups is 2. The molecule has 0 saturated heterocycles. The van der Waals surface area contributed by atoms with E-state index in [0.717, 1.165) is 13.0 Å². The standard InChI is InChI=1S/C16H35NO2/c1-4-7-8-9-10-11-12-13-14-15-16-17(18-5-2)19-6-3/h4-16H2,1-3H3. The Kier molecular flexibility index (Phi) is 15.8. The maximum absolute atomic E-state index is 5.38. The molecule has 0 unspecified atom stereocenters. The molecule has 0 aromatic heterocycles. The highest BCUT2D eigenvalue weighted by Gasteiger charge is 2.03. The molecule has 0 aliphatic carbocycles. The van der Waals surface area contributed by atoms with Crippen molar-refractivity contribution >= 4 is 0 Å². The van der Waals surface area contributed by atoms with Crippen LogP contribution in [0.2, 0.25) is 0 Å². The van der Waals surface area contributed by atoms with Crippen LogP contribution >= 0.6 is 0 Å². The third-order valence-corrected chi connectivity index (χ3v) is 3.24. The summed E-state index contributed by atoms with van der Waals surface area (Å²) in [5.41, 5.74) is 0. The lowest BCUT2D eigenvalue weighted by Crippen LogP contribution is -2.25. The van der Waals surface area contributed by atoms with Gasteiger partial charge < -0.3 is 0 Å². The highest BCUT2D eigenvalue weighted by molar-refractivity contribution is 4.48. The second-order valence-electron chi connectivity index (χ2n) is 5.07.